The molecule has 6 rings (SSSR count). The van der Waals surface area contributed by atoms with E-state index < -0.39 is 127 Å². The van der Waals surface area contributed by atoms with E-state index in [1.165, 1.54) is 6.08 Å². The lowest BCUT2D eigenvalue weighted by molar-refractivity contribution is -0.274. The molecular weight excluding hydrogens is 671 g/mol. The van der Waals surface area contributed by atoms with Crippen molar-refractivity contribution in [3.63, 3.8) is 0 Å². The third-order valence-electron chi connectivity index (χ3n) is 8.61. The molecule has 4 amide bonds. The van der Waals surface area contributed by atoms with Crippen molar-refractivity contribution in [1.29, 1.82) is 0 Å². The molecule has 238 valence electrons. The Morgan fingerprint density at radius 3 is 2.09 bits per heavy atom. The zero-order valence-corrected chi connectivity index (χ0v) is 23.3. The summed E-state index contributed by atoms with van der Waals surface area (Å²) < 4.78 is 115. The van der Waals surface area contributed by atoms with Crippen LogP contribution in [0.1, 0.15) is 24.3 Å². The van der Waals surface area contributed by atoms with E-state index in [1.807, 2.05) is 0 Å². The van der Waals surface area contributed by atoms with Crippen LogP contribution in [0.2, 0.25) is 0 Å². The van der Waals surface area contributed by atoms with Crippen LogP contribution in [0.4, 0.5) is 40.8 Å². The Hall–Kier alpha value is -3.92. The van der Waals surface area contributed by atoms with Crippen LogP contribution in [0, 0.1) is 46.8 Å². The van der Waals surface area contributed by atoms with E-state index in [9.17, 15) is 59.4 Å². The maximum atomic E-state index is 15.0. The molecule has 6 atom stereocenters. The predicted octanol–water partition coefficient (Wildman–Crippen LogP) is 4.84. The average Bonchev–Trinajstić information content (AvgIpc) is 3.33. The molecule has 45 heavy (non-hydrogen) atoms. The smallest absolute Gasteiger partial charge is 0.508 e. The number of phenolic OH excluding ortho intramolecular Hbond substituents is 1. The number of amides is 4. The number of fused-ring (bicyclic) bond motifs is 4. The summed E-state index contributed by atoms with van der Waals surface area (Å²) in [5.74, 6) is -25.5. The monoisotopic (exact) mass is 684 g/mol. The minimum atomic E-state index is -5.26. The first-order chi connectivity index (χ1) is 20.8. The molecule has 2 aromatic carbocycles. The number of rotatable bonds is 3. The maximum absolute atomic E-state index is 15.0. The predicted molar refractivity (Wildman–Crippen MR) is 134 cm³/mol. The third-order valence-corrected chi connectivity index (χ3v) is 10.0. The Labute approximate surface area is 255 Å². The minimum Gasteiger partial charge on any atom is -0.508 e. The molecule has 2 aliphatic carbocycles. The number of allylic oxidation sites excluding steroid dienone is 2. The van der Waals surface area contributed by atoms with Crippen molar-refractivity contribution in [2.75, 3.05) is 4.90 Å². The third kappa shape index (κ3) is 4.10. The second kappa shape index (κ2) is 9.79. The highest BCUT2D eigenvalue weighted by Crippen LogP contribution is 2.66. The van der Waals surface area contributed by atoms with Gasteiger partial charge >= 0.3 is 6.36 Å². The van der Waals surface area contributed by atoms with Gasteiger partial charge in [0.15, 0.2) is 33.0 Å². The van der Waals surface area contributed by atoms with Crippen molar-refractivity contribution in [3.05, 3.63) is 64.5 Å². The molecule has 2 N–H and O–H groups in total. The zero-order chi connectivity index (χ0) is 33.1. The highest BCUT2D eigenvalue weighted by molar-refractivity contribution is 6.58. The van der Waals surface area contributed by atoms with Gasteiger partial charge in [-0.3, -0.25) is 24.5 Å². The topological polar surface area (TPSA) is 113 Å². The van der Waals surface area contributed by atoms with Gasteiger partial charge < -0.3 is 9.84 Å². The summed E-state index contributed by atoms with van der Waals surface area (Å²) in [5.41, 5.74) is -2.75. The fourth-order valence-electron chi connectivity index (χ4n) is 6.78. The number of alkyl halides is 5. The van der Waals surface area contributed by atoms with Crippen LogP contribution in [-0.4, -0.2) is 44.8 Å². The van der Waals surface area contributed by atoms with Gasteiger partial charge in [-0.25, -0.2) is 26.9 Å². The number of nitrogens with zero attached hydrogens (tertiary/aromatic N) is 1. The molecule has 0 spiro atoms. The molecular formula is C27H14Cl2F8N2O6. The number of ether oxygens (including phenoxy) is 1. The van der Waals surface area contributed by atoms with E-state index in [4.69, 9.17) is 23.2 Å². The second-order valence-corrected chi connectivity index (χ2v) is 12.1. The SMILES string of the molecule is O=C1NC(=O)C2C1CC=C1C2CC2(Cl)C(=O)N(c3c(F)c(F)c(F)c(F)c3F)C(=O)C2(Cl)C1c1cc(OC(F)(F)F)ccc1O. The Balaban J connectivity index is 1.62. The lowest BCUT2D eigenvalue weighted by Gasteiger charge is -2.50. The second-order valence-electron chi connectivity index (χ2n) is 10.8. The van der Waals surface area contributed by atoms with Crippen molar-refractivity contribution in [3.8, 4) is 11.5 Å². The van der Waals surface area contributed by atoms with Gasteiger partial charge in [-0.15, -0.1) is 36.4 Å². The first kappa shape index (κ1) is 31.1. The number of nitrogens with one attached hydrogen (secondary N) is 1. The lowest BCUT2D eigenvalue weighted by Crippen LogP contribution is -2.60. The quantitative estimate of drug-likeness (QED) is 0.120. The number of phenols is 1. The molecule has 0 radical (unpaired) electrons. The first-order valence-corrected chi connectivity index (χ1v) is 13.5. The molecule has 18 heteroatoms. The maximum Gasteiger partial charge on any atom is 0.573 e. The average molecular weight is 685 g/mol. The number of halogens is 10. The number of hydrogen-bond donors (Lipinski definition) is 2. The lowest BCUT2D eigenvalue weighted by atomic mass is 9.56. The normalized spacial score (nSPS) is 31.0. The Morgan fingerprint density at radius 2 is 1.49 bits per heavy atom. The van der Waals surface area contributed by atoms with Crippen LogP contribution in [0.15, 0.2) is 29.8 Å². The molecule has 2 saturated heterocycles. The van der Waals surface area contributed by atoms with Crippen molar-refractivity contribution in [2.45, 2.75) is 34.9 Å². The van der Waals surface area contributed by atoms with Gasteiger partial charge in [0.1, 0.15) is 17.2 Å². The van der Waals surface area contributed by atoms with Crippen LogP contribution in [-0.2, 0) is 19.2 Å². The number of carbonyl (C=O) groups is 4. The number of imide groups is 2. The molecule has 2 aromatic rings. The fourth-order valence-corrected chi connectivity index (χ4v) is 7.71. The Morgan fingerprint density at radius 1 is 0.889 bits per heavy atom. The van der Waals surface area contributed by atoms with Crippen LogP contribution in [0.3, 0.4) is 0 Å². The number of aromatic hydroxyl groups is 1. The molecule has 0 aromatic heterocycles. The standard InChI is InChI=1S/C27H14Cl2F8N2O6/c28-25-6-11-8(2-3-9-13(11)22(42)38-21(9)41)14(10-5-7(1-4-12(10)40)45-27(35,36)37)26(25,29)24(44)39(23(25)43)20-18(33)16(31)15(30)17(32)19(20)34/h1-2,4-5,9,11,13-14,40H,3,6H2,(H,38,41,42). The molecule has 2 aliphatic heterocycles. The van der Waals surface area contributed by atoms with E-state index in [0.29, 0.717) is 18.2 Å². The van der Waals surface area contributed by atoms with Crippen molar-refractivity contribution >= 4 is 52.5 Å². The van der Waals surface area contributed by atoms with Crippen molar-refractivity contribution in [2.24, 2.45) is 17.8 Å². The summed E-state index contributed by atoms with van der Waals surface area (Å²) in [6.45, 7) is 0. The summed E-state index contributed by atoms with van der Waals surface area (Å²) >= 11 is 13.6. The number of benzene rings is 2. The van der Waals surface area contributed by atoms with E-state index in [-0.39, 0.29) is 12.0 Å². The number of hydrogen-bond acceptors (Lipinski definition) is 6. The van der Waals surface area contributed by atoms with E-state index >= 15 is 0 Å². The van der Waals surface area contributed by atoms with E-state index in [0.717, 1.165) is 0 Å². The summed E-state index contributed by atoms with van der Waals surface area (Å²) in [6, 6.07) is 1.97. The molecule has 0 bridgehead atoms. The molecule has 2 heterocycles. The van der Waals surface area contributed by atoms with Crippen molar-refractivity contribution in [1.82, 2.24) is 5.32 Å². The van der Waals surface area contributed by atoms with Crippen LogP contribution < -0.4 is 15.0 Å². The summed E-state index contributed by atoms with van der Waals surface area (Å²) in [4.78, 5) is 47.0. The highest BCUT2D eigenvalue weighted by atomic mass is 35.5. The van der Waals surface area contributed by atoms with Gasteiger partial charge in [-0.2, -0.15) is 0 Å². The van der Waals surface area contributed by atoms with E-state index in [1.54, 1.807) is 0 Å². The van der Waals surface area contributed by atoms with Crippen molar-refractivity contribution < 1.29 is 64.1 Å². The Kier molecular flexibility index (Phi) is 6.76. The molecule has 6 unspecified atom stereocenters. The summed E-state index contributed by atoms with van der Waals surface area (Å²) in [6.07, 6.45) is -4.99. The molecule has 4 aliphatic rings. The van der Waals surface area contributed by atoms with Gasteiger partial charge in [0, 0.05) is 11.5 Å². The number of anilines is 1. The molecule has 8 nitrogen and oxygen atoms in total. The van der Waals surface area contributed by atoms with Crippen LogP contribution >= 0.6 is 23.2 Å². The Bertz CT molecular complexity index is 1760. The first-order valence-electron chi connectivity index (χ1n) is 12.8. The van der Waals surface area contributed by atoms with Gasteiger partial charge in [0.2, 0.25) is 17.6 Å². The number of carbonyl (C=O) groups excluding carboxylic acids is 4. The minimum absolute atomic E-state index is 0.0766. The molecule has 1 saturated carbocycles. The largest absolute Gasteiger partial charge is 0.573 e. The fraction of sp³-hybridized carbons (Fsp3) is 0.333. The highest BCUT2D eigenvalue weighted by Gasteiger charge is 2.77. The van der Waals surface area contributed by atoms with Gasteiger partial charge in [-0.05, 0) is 37.0 Å². The van der Waals surface area contributed by atoms with Gasteiger partial charge in [0.05, 0.1) is 11.8 Å². The zero-order valence-electron chi connectivity index (χ0n) is 21.7. The summed E-state index contributed by atoms with van der Waals surface area (Å²) in [5, 5.41) is 12.9. The van der Waals surface area contributed by atoms with Crippen LogP contribution in [0.5, 0.6) is 11.5 Å². The van der Waals surface area contributed by atoms with E-state index in [2.05, 4.69) is 10.1 Å². The summed E-state index contributed by atoms with van der Waals surface area (Å²) in [7, 11) is 0. The molecule has 3 fully saturated rings. The van der Waals surface area contributed by atoms with Gasteiger partial charge in [0.25, 0.3) is 11.8 Å². The van der Waals surface area contributed by atoms with Gasteiger partial charge in [-0.1, -0.05) is 11.6 Å². The van der Waals surface area contributed by atoms with Crippen LogP contribution in [0.25, 0.3) is 0 Å².